The minimum absolute atomic E-state index is 0.130. The summed E-state index contributed by atoms with van der Waals surface area (Å²) in [5.74, 6) is -0.637. The van der Waals surface area contributed by atoms with Crippen LogP contribution in [0.25, 0.3) is 6.08 Å². The van der Waals surface area contributed by atoms with Crippen molar-refractivity contribution in [2.24, 2.45) is 0 Å². The molecule has 2 rings (SSSR count). The molecule has 0 atom stereocenters. The maximum atomic E-state index is 11.9. The predicted octanol–water partition coefficient (Wildman–Crippen LogP) is 3.29. The maximum Gasteiger partial charge on any atom is 0.349 e. The van der Waals surface area contributed by atoms with Gasteiger partial charge in [0.05, 0.1) is 7.11 Å². The van der Waals surface area contributed by atoms with Crippen LogP contribution in [-0.2, 0) is 20.7 Å². The Morgan fingerprint density at radius 3 is 2.52 bits per heavy atom. The molecule has 0 aliphatic rings. The molecule has 1 N–H and O–H groups in total. The van der Waals surface area contributed by atoms with Gasteiger partial charge >= 0.3 is 11.9 Å². The lowest BCUT2D eigenvalue weighted by Gasteiger charge is -2.10. The molecule has 6 nitrogen and oxygen atoms in total. The van der Waals surface area contributed by atoms with Crippen LogP contribution >= 0.6 is 0 Å². The van der Waals surface area contributed by atoms with Gasteiger partial charge in [0.25, 0.3) is 0 Å². The van der Waals surface area contributed by atoms with E-state index in [2.05, 4.69) is 6.58 Å². The third-order valence-electron chi connectivity index (χ3n) is 3.47. The van der Waals surface area contributed by atoms with Crippen LogP contribution in [0.4, 0.5) is 0 Å². The Morgan fingerprint density at radius 2 is 1.85 bits per heavy atom. The number of carbonyl (C=O) groups excluding carboxylic acids is 2. The van der Waals surface area contributed by atoms with E-state index in [1.807, 2.05) is 0 Å². The largest absolute Gasteiger partial charge is 0.508 e. The number of carbonyl (C=O) groups is 2. The fourth-order valence-electron chi connectivity index (χ4n) is 2.17. The number of benzene rings is 2. The summed E-state index contributed by atoms with van der Waals surface area (Å²) in [5, 5.41) is 9.20. The quantitative estimate of drug-likeness (QED) is 0.333. The lowest BCUT2D eigenvalue weighted by Crippen LogP contribution is -2.18. The lowest BCUT2D eigenvalue weighted by atomic mass is 10.1. The highest BCUT2D eigenvalue weighted by Gasteiger charge is 2.12. The highest BCUT2D eigenvalue weighted by molar-refractivity contribution is 5.88. The van der Waals surface area contributed by atoms with Crippen molar-refractivity contribution in [2.45, 2.75) is 6.42 Å². The minimum Gasteiger partial charge on any atom is -0.508 e. The number of hydrogen-bond acceptors (Lipinski definition) is 6. The van der Waals surface area contributed by atoms with E-state index in [1.54, 1.807) is 36.4 Å². The second kappa shape index (κ2) is 9.82. The third-order valence-corrected chi connectivity index (χ3v) is 3.47. The average Bonchev–Trinajstić information content (AvgIpc) is 2.67. The van der Waals surface area contributed by atoms with Crippen molar-refractivity contribution in [1.82, 2.24) is 0 Å². The molecule has 0 spiro atoms. The first-order chi connectivity index (χ1) is 13.0. The third kappa shape index (κ3) is 6.36. The summed E-state index contributed by atoms with van der Waals surface area (Å²) in [6.07, 6.45) is 5.11. The molecule has 0 saturated carbocycles. The number of phenols is 1. The van der Waals surface area contributed by atoms with Gasteiger partial charge in [-0.2, -0.15) is 0 Å². The summed E-state index contributed by atoms with van der Waals surface area (Å²) in [6.45, 7) is 3.14. The van der Waals surface area contributed by atoms with Crippen LogP contribution < -0.4 is 9.47 Å². The Kier molecular flexibility index (Phi) is 7.19. The van der Waals surface area contributed by atoms with Crippen LogP contribution in [0.1, 0.15) is 11.1 Å². The number of hydrogen-bond donors (Lipinski definition) is 1. The van der Waals surface area contributed by atoms with Crippen LogP contribution in [0.2, 0.25) is 0 Å². The molecular weight excluding hydrogens is 348 g/mol. The van der Waals surface area contributed by atoms with Gasteiger partial charge < -0.3 is 19.3 Å². The number of allylic oxidation sites excluding steroid dienone is 1. The number of ether oxygens (including phenoxy) is 3. The molecule has 6 heteroatoms. The minimum atomic E-state index is -0.726. The molecule has 140 valence electrons. The van der Waals surface area contributed by atoms with E-state index in [0.29, 0.717) is 17.7 Å². The number of rotatable bonds is 8. The Hall–Kier alpha value is -3.54. The summed E-state index contributed by atoms with van der Waals surface area (Å²) >= 11 is 0. The molecule has 2 aromatic rings. The van der Waals surface area contributed by atoms with Crippen molar-refractivity contribution < 1.29 is 28.9 Å². The van der Waals surface area contributed by atoms with Gasteiger partial charge in [-0.25, -0.2) is 9.59 Å². The van der Waals surface area contributed by atoms with Gasteiger partial charge in [-0.3, -0.25) is 0 Å². The van der Waals surface area contributed by atoms with E-state index in [1.165, 1.54) is 31.4 Å². The molecule has 0 aromatic heterocycles. The van der Waals surface area contributed by atoms with Crippen molar-refractivity contribution >= 4 is 18.0 Å². The fraction of sp³-hybridized carbons (Fsp3) is 0.143. The zero-order valence-electron chi connectivity index (χ0n) is 14.9. The van der Waals surface area contributed by atoms with Gasteiger partial charge in [0.15, 0.2) is 18.1 Å². The van der Waals surface area contributed by atoms with Crippen molar-refractivity contribution in [3.8, 4) is 17.2 Å². The van der Waals surface area contributed by atoms with Crippen molar-refractivity contribution in [1.29, 1.82) is 0 Å². The van der Waals surface area contributed by atoms with Gasteiger partial charge in [-0.05, 0) is 47.9 Å². The van der Waals surface area contributed by atoms with Gasteiger partial charge in [0, 0.05) is 6.08 Å². The molecule has 0 aliphatic heterocycles. The molecule has 0 fully saturated rings. The van der Waals surface area contributed by atoms with Crippen LogP contribution in [-0.4, -0.2) is 30.8 Å². The average molecular weight is 368 g/mol. The van der Waals surface area contributed by atoms with E-state index >= 15 is 0 Å². The number of esters is 2. The lowest BCUT2D eigenvalue weighted by molar-refractivity contribution is -0.150. The molecule has 0 amide bonds. The molecule has 0 bridgehead atoms. The SMILES string of the molecule is C=CCc1ccc(OC(=O)COC(=O)/C=C/c2ccc(O)cc2)c(OC)c1. The Morgan fingerprint density at radius 1 is 1.11 bits per heavy atom. The zero-order valence-corrected chi connectivity index (χ0v) is 14.9. The molecule has 2 aromatic carbocycles. The van der Waals surface area contributed by atoms with E-state index in [0.717, 1.165) is 5.56 Å². The van der Waals surface area contributed by atoms with Gasteiger partial charge in [0.2, 0.25) is 0 Å². The van der Waals surface area contributed by atoms with Crippen molar-refractivity contribution in [3.05, 3.63) is 72.3 Å². The standard InChI is InChI=1S/C21H20O6/c1-3-4-16-7-11-18(19(13-16)25-2)27-21(24)14-26-20(23)12-8-15-5-9-17(22)10-6-15/h3,5-13,22H,1,4,14H2,2H3/b12-8+. The Labute approximate surface area is 157 Å². The van der Waals surface area contributed by atoms with Crippen LogP contribution in [0, 0.1) is 0 Å². The molecule has 27 heavy (non-hydrogen) atoms. The normalized spacial score (nSPS) is 10.4. The fourth-order valence-corrected chi connectivity index (χ4v) is 2.17. The van der Waals surface area contributed by atoms with E-state index in [9.17, 15) is 14.7 Å². The Balaban J connectivity index is 1.87. The first-order valence-electron chi connectivity index (χ1n) is 8.14. The van der Waals surface area contributed by atoms with E-state index in [4.69, 9.17) is 14.2 Å². The molecule has 0 saturated heterocycles. The van der Waals surface area contributed by atoms with Crippen LogP contribution in [0.3, 0.4) is 0 Å². The number of aromatic hydroxyl groups is 1. The second-order valence-electron chi connectivity index (χ2n) is 5.48. The van der Waals surface area contributed by atoms with E-state index < -0.39 is 18.5 Å². The van der Waals surface area contributed by atoms with Crippen LogP contribution in [0.5, 0.6) is 17.2 Å². The number of phenolic OH excluding ortho intramolecular Hbond substituents is 1. The van der Waals surface area contributed by atoms with Gasteiger partial charge in [0.1, 0.15) is 5.75 Å². The topological polar surface area (TPSA) is 82.1 Å². The smallest absolute Gasteiger partial charge is 0.349 e. The summed E-state index contributed by atoms with van der Waals surface area (Å²) in [7, 11) is 1.47. The second-order valence-corrected chi connectivity index (χ2v) is 5.48. The van der Waals surface area contributed by atoms with Crippen molar-refractivity contribution in [3.63, 3.8) is 0 Å². The van der Waals surface area contributed by atoms with Crippen LogP contribution in [0.15, 0.2) is 61.2 Å². The molecule has 0 aliphatic carbocycles. The maximum absolute atomic E-state index is 11.9. The summed E-state index contributed by atoms with van der Waals surface area (Å²) in [4.78, 5) is 23.6. The predicted molar refractivity (Wildman–Crippen MR) is 101 cm³/mol. The molecular formula is C21H20O6. The molecule has 0 heterocycles. The monoisotopic (exact) mass is 368 g/mol. The first kappa shape index (κ1) is 19.8. The number of methoxy groups -OCH3 is 1. The zero-order chi connectivity index (χ0) is 19.6. The Bertz CT molecular complexity index is 836. The van der Waals surface area contributed by atoms with E-state index in [-0.39, 0.29) is 11.5 Å². The summed E-state index contributed by atoms with van der Waals surface area (Å²) in [5.41, 5.74) is 1.67. The highest BCUT2D eigenvalue weighted by atomic mass is 16.6. The molecule has 0 radical (unpaired) electrons. The first-order valence-corrected chi connectivity index (χ1v) is 8.14. The highest BCUT2D eigenvalue weighted by Crippen LogP contribution is 2.28. The van der Waals surface area contributed by atoms with Crippen molar-refractivity contribution in [2.75, 3.05) is 13.7 Å². The summed E-state index contributed by atoms with van der Waals surface area (Å²) in [6, 6.07) is 11.4. The summed E-state index contributed by atoms with van der Waals surface area (Å²) < 4.78 is 15.2. The molecule has 0 unspecified atom stereocenters. The van der Waals surface area contributed by atoms with Gasteiger partial charge in [-0.1, -0.05) is 24.3 Å². The van der Waals surface area contributed by atoms with Gasteiger partial charge in [-0.15, -0.1) is 6.58 Å².